The second-order valence-electron chi connectivity index (χ2n) is 4.62. The number of nitrogens with one attached hydrogen (secondary N) is 1. The Morgan fingerprint density at radius 2 is 1.62 bits per heavy atom. The summed E-state index contributed by atoms with van der Waals surface area (Å²) in [4.78, 5) is 22.5. The van der Waals surface area contributed by atoms with Crippen LogP contribution in [-0.2, 0) is 28.1 Å². The highest BCUT2D eigenvalue weighted by molar-refractivity contribution is 7.83. The Hall–Kier alpha value is -0.820. The topological polar surface area (TPSA) is 100 Å². The zero-order chi connectivity index (χ0) is 16.6. The van der Waals surface area contributed by atoms with Crippen molar-refractivity contribution in [2.75, 3.05) is 6.79 Å². The highest BCUT2D eigenvalue weighted by Crippen LogP contribution is 2.48. The van der Waals surface area contributed by atoms with Crippen LogP contribution in [0.5, 0.6) is 0 Å². The Morgan fingerprint density at radius 3 is 2.10 bits per heavy atom. The summed E-state index contributed by atoms with van der Waals surface area (Å²) in [5, 5.41) is 2.27. The van der Waals surface area contributed by atoms with Gasteiger partial charge in [-0.3, -0.25) is 13.9 Å². The standard InChI is InChI=1S/C11H21ClNO7P/c1-7(2)19-10(14)9(5)13-21(12,16)18-6-17-11(15)20-8(3)4/h7-9H,6H2,1-5H3,(H,13,16)/t9-,21?/m1/s1. The van der Waals surface area contributed by atoms with E-state index in [2.05, 4.69) is 19.1 Å². The number of carbonyl (C=O) groups is 2. The van der Waals surface area contributed by atoms with Gasteiger partial charge in [-0.2, -0.15) is 0 Å². The lowest BCUT2D eigenvalue weighted by Gasteiger charge is -2.18. The molecule has 0 aliphatic rings. The third-order valence-corrected chi connectivity index (χ3v) is 3.50. The number of ether oxygens (including phenoxy) is 3. The molecule has 1 unspecified atom stereocenters. The van der Waals surface area contributed by atoms with Crippen LogP contribution in [0.4, 0.5) is 4.79 Å². The van der Waals surface area contributed by atoms with Crippen molar-refractivity contribution in [2.45, 2.75) is 52.9 Å². The molecule has 0 bridgehead atoms. The lowest BCUT2D eigenvalue weighted by Crippen LogP contribution is -2.34. The number of hydrogen-bond donors (Lipinski definition) is 1. The summed E-state index contributed by atoms with van der Waals surface area (Å²) in [6.07, 6.45) is -1.65. The number of hydrogen-bond acceptors (Lipinski definition) is 7. The largest absolute Gasteiger partial charge is 0.510 e. The maximum Gasteiger partial charge on any atom is 0.510 e. The van der Waals surface area contributed by atoms with Crippen molar-refractivity contribution in [2.24, 2.45) is 0 Å². The summed E-state index contributed by atoms with van der Waals surface area (Å²) in [5.41, 5.74) is 0. The first-order valence-electron chi connectivity index (χ1n) is 6.29. The molecule has 8 nitrogen and oxygen atoms in total. The molecule has 21 heavy (non-hydrogen) atoms. The van der Waals surface area contributed by atoms with Crippen LogP contribution in [0.25, 0.3) is 0 Å². The van der Waals surface area contributed by atoms with E-state index in [0.29, 0.717) is 0 Å². The molecular weight excluding hydrogens is 325 g/mol. The van der Waals surface area contributed by atoms with Crippen LogP contribution >= 0.6 is 18.1 Å². The first-order valence-corrected chi connectivity index (χ1v) is 8.82. The lowest BCUT2D eigenvalue weighted by molar-refractivity contribution is -0.149. The Balaban J connectivity index is 4.16. The Morgan fingerprint density at radius 1 is 1.10 bits per heavy atom. The zero-order valence-corrected chi connectivity index (χ0v) is 14.3. The van der Waals surface area contributed by atoms with Crippen molar-refractivity contribution in [3.63, 3.8) is 0 Å². The highest BCUT2D eigenvalue weighted by Gasteiger charge is 2.27. The van der Waals surface area contributed by atoms with Crippen molar-refractivity contribution >= 4 is 30.2 Å². The minimum Gasteiger partial charge on any atom is -0.462 e. The van der Waals surface area contributed by atoms with Gasteiger partial charge in [-0.05, 0) is 45.9 Å². The molecule has 0 aromatic rings. The van der Waals surface area contributed by atoms with Crippen LogP contribution < -0.4 is 5.09 Å². The van der Waals surface area contributed by atoms with E-state index in [1.807, 2.05) is 0 Å². The van der Waals surface area contributed by atoms with Crippen molar-refractivity contribution in [3.8, 4) is 0 Å². The van der Waals surface area contributed by atoms with Crippen LogP contribution in [0.15, 0.2) is 0 Å². The van der Waals surface area contributed by atoms with Gasteiger partial charge in [-0.1, -0.05) is 0 Å². The lowest BCUT2D eigenvalue weighted by atomic mass is 10.4. The van der Waals surface area contributed by atoms with Crippen LogP contribution in [0.1, 0.15) is 34.6 Å². The van der Waals surface area contributed by atoms with E-state index >= 15 is 0 Å². The first kappa shape index (κ1) is 20.2. The molecule has 0 aliphatic heterocycles. The van der Waals surface area contributed by atoms with Gasteiger partial charge >= 0.3 is 19.0 Å². The van der Waals surface area contributed by atoms with Gasteiger partial charge < -0.3 is 14.2 Å². The zero-order valence-electron chi connectivity index (χ0n) is 12.6. The van der Waals surface area contributed by atoms with Gasteiger partial charge in [-0.25, -0.2) is 9.88 Å². The molecule has 1 N–H and O–H groups in total. The number of carbonyl (C=O) groups excluding carboxylic acids is 2. The van der Waals surface area contributed by atoms with E-state index in [-0.39, 0.29) is 12.2 Å². The summed E-state index contributed by atoms with van der Waals surface area (Å²) >= 11 is 5.58. The normalized spacial score (nSPS) is 15.4. The maximum atomic E-state index is 11.8. The molecule has 0 aromatic carbocycles. The SMILES string of the molecule is CC(C)OC(=O)OCOP(=O)(Cl)N[C@H](C)C(=O)OC(C)C. The van der Waals surface area contributed by atoms with Crippen molar-refractivity contribution in [1.29, 1.82) is 0 Å². The fourth-order valence-electron chi connectivity index (χ4n) is 1.02. The molecule has 0 radical (unpaired) electrons. The molecular formula is C11H21ClNO7P. The van der Waals surface area contributed by atoms with E-state index in [1.54, 1.807) is 27.7 Å². The summed E-state index contributed by atoms with van der Waals surface area (Å²) < 4.78 is 30.6. The first-order chi connectivity index (χ1) is 9.53. The minimum absolute atomic E-state index is 0.313. The smallest absolute Gasteiger partial charge is 0.462 e. The Labute approximate surface area is 128 Å². The van der Waals surface area contributed by atoms with Crippen LogP contribution in [0.3, 0.4) is 0 Å². The molecule has 0 aromatic heterocycles. The minimum atomic E-state index is -3.85. The van der Waals surface area contributed by atoms with E-state index in [4.69, 9.17) is 16.0 Å². The van der Waals surface area contributed by atoms with Gasteiger partial charge in [0.2, 0.25) is 6.79 Å². The van der Waals surface area contributed by atoms with E-state index in [0.717, 1.165) is 0 Å². The molecule has 124 valence electrons. The molecule has 0 saturated heterocycles. The van der Waals surface area contributed by atoms with E-state index < -0.39 is 31.8 Å². The van der Waals surface area contributed by atoms with Crippen LogP contribution in [-0.4, -0.2) is 37.2 Å². The third-order valence-electron chi connectivity index (χ3n) is 1.78. The quantitative estimate of drug-likeness (QED) is 0.407. The summed E-state index contributed by atoms with van der Waals surface area (Å²) in [6, 6.07) is -0.946. The van der Waals surface area contributed by atoms with Gasteiger partial charge in [0.05, 0.1) is 12.2 Å². The fraction of sp³-hybridized carbons (Fsp3) is 0.818. The van der Waals surface area contributed by atoms with Crippen LogP contribution in [0.2, 0.25) is 0 Å². The molecule has 0 aliphatic carbocycles. The highest BCUT2D eigenvalue weighted by atomic mass is 35.7. The van der Waals surface area contributed by atoms with Gasteiger partial charge in [-0.15, -0.1) is 0 Å². The Bertz CT molecular complexity index is 402. The maximum absolute atomic E-state index is 11.8. The van der Waals surface area contributed by atoms with Gasteiger partial charge in [0.25, 0.3) is 0 Å². The Kier molecular flexibility index (Phi) is 8.89. The van der Waals surface area contributed by atoms with E-state index in [1.165, 1.54) is 6.92 Å². The third kappa shape index (κ3) is 10.5. The van der Waals surface area contributed by atoms with Crippen molar-refractivity contribution in [3.05, 3.63) is 0 Å². The van der Waals surface area contributed by atoms with Crippen molar-refractivity contribution in [1.82, 2.24) is 5.09 Å². The number of rotatable bonds is 8. The average molecular weight is 346 g/mol. The van der Waals surface area contributed by atoms with Gasteiger partial charge in [0.15, 0.2) is 0 Å². The van der Waals surface area contributed by atoms with Gasteiger partial charge in [0, 0.05) is 0 Å². The molecule has 0 heterocycles. The average Bonchev–Trinajstić information content (AvgIpc) is 2.25. The predicted molar refractivity (Wildman–Crippen MR) is 75.9 cm³/mol. The van der Waals surface area contributed by atoms with E-state index in [9.17, 15) is 14.2 Å². The summed E-state index contributed by atoms with van der Waals surface area (Å²) in [7, 11) is 0. The monoisotopic (exact) mass is 345 g/mol. The molecule has 0 rings (SSSR count). The van der Waals surface area contributed by atoms with Crippen molar-refractivity contribution < 1.29 is 32.9 Å². The van der Waals surface area contributed by atoms with Crippen LogP contribution in [0, 0.1) is 0 Å². The molecule has 0 saturated carbocycles. The summed E-state index contributed by atoms with van der Waals surface area (Å²) in [5.74, 6) is -0.630. The van der Waals surface area contributed by atoms with Gasteiger partial charge in [0.1, 0.15) is 6.04 Å². The molecule has 10 heteroatoms. The number of esters is 1. The molecule has 0 amide bonds. The number of halogens is 1. The second kappa shape index (κ2) is 9.25. The second-order valence-corrected chi connectivity index (χ2v) is 7.43. The molecule has 2 atom stereocenters. The summed E-state index contributed by atoms with van der Waals surface area (Å²) in [6.45, 7) is 3.52. The molecule has 0 spiro atoms. The predicted octanol–water partition coefficient (Wildman–Crippen LogP) is 2.80. The molecule has 0 fully saturated rings. The fourth-order valence-corrected chi connectivity index (χ4v) is 2.41.